The molecule has 7 nitrogen and oxygen atoms in total. The molecule has 0 spiro atoms. The van der Waals surface area contributed by atoms with Crippen molar-refractivity contribution < 1.29 is 9.18 Å². The summed E-state index contributed by atoms with van der Waals surface area (Å²) < 4.78 is 15.4. The molecule has 1 atom stereocenters. The van der Waals surface area contributed by atoms with Crippen LogP contribution in [0.4, 0.5) is 4.39 Å². The van der Waals surface area contributed by atoms with E-state index in [9.17, 15) is 9.18 Å². The lowest BCUT2D eigenvalue weighted by Gasteiger charge is -2.25. The number of halogens is 1. The molecule has 1 saturated carbocycles. The lowest BCUT2D eigenvalue weighted by atomic mass is 10.1. The van der Waals surface area contributed by atoms with Crippen molar-refractivity contribution in [2.45, 2.75) is 42.9 Å². The molecule has 1 unspecified atom stereocenters. The summed E-state index contributed by atoms with van der Waals surface area (Å²) in [6, 6.07) is 6.71. The highest BCUT2D eigenvalue weighted by Gasteiger charge is 2.22. The van der Waals surface area contributed by atoms with Crippen LogP contribution >= 0.6 is 11.8 Å². The molecule has 1 amide bonds. The smallest absolute Gasteiger partial charge is 0.230 e. The van der Waals surface area contributed by atoms with Crippen LogP contribution in [0.15, 0.2) is 29.4 Å². The predicted molar refractivity (Wildman–Crippen MR) is 102 cm³/mol. The lowest BCUT2D eigenvalue weighted by molar-refractivity contribution is -0.118. The van der Waals surface area contributed by atoms with Crippen molar-refractivity contribution in [2.75, 3.05) is 26.4 Å². The van der Waals surface area contributed by atoms with E-state index in [-0.39, 0.29) is 23.5 Å². The number of thioether (sulfide) groups is 1. The number of nitrogens with zero attached hydrogens (tertiary/aromatic N) is 5. The minimum absolute atomic E-state index is 0.0933. The fourth-order valence-electron chi connectivity index (χ4n) is 3.36. The number of hydrogen-bond acceptors (Lipinski definition) is 6. The Morgan fingerprint density at radius 2 is 2.19 bits per heavy atom. The summed E-state index contributed by atoms with van der Waals surface area (Å²) in [4.78, 5) is 14.3. The zero-order chi connectivity index (χ0) is 19.2. The molecule has 3 rings (SSSR count). The molecule has 2 aromatic rings. The first-order chi connectivity index (χ1) is 13.0. The molecule has 0 saturated heterocycles. The number of carbonyl (C=O) groups excluding carboxylic acids is 1. The third-order valence-electron chi connectivity index (χ3n) is 4.81. The minimum atomic E-state index is -0.278. The molecular formula is C18H25FN6OS. The van der Waals surface area contributed by atoms with Gasteiger partial charge in [-0.05, 0) is 55.1 Å². The van der Waals surface area contributed by atoms with Crippen LogP contribution in [0.3, 0.4) is 0 Å². The molecule has 9 heteroatoms. The quantitative estimate of drug-likeness (QED) is 0.696. The van der Waals surface area contributed by atoms with Gasteiger partial charge in [0.1, 0.15) is 5.82 Å². The number of nitrogens with one attached hydrogen (secondary N) is 1. The van der Waals surface area contributed by atoms with Gasteiger partial charge in [0.25, 0.3) is 0 Å². The van der Waals surface area contributed by atoms with Gasteiger partial charge in [-0.2, -0.15) is 0 Å². The Kier molecular flexibility index (Phi) is 6.78. The van der Waals surface area contributed by atoms with Gasteiger partial charge in [0, 0.05) is 6.54 Å². The summed E-state index contributed by atoms with van der Waals surface area (Å²) in [6.07, 6.45) is 4.56. The Morgan fingerprint density at radius 1 is 1.41 bits per heavy atom. The Morgan fingerprint density at radius 3 is 2.89 bits per heavy atom. The highest BCUT2D eigenvalue weighted by molar-refractivity contribution is 7.99. The maximum absolute atomic E-state index is 13.5. The number of likely N-dealkylation sites (N-methyl/N-ethyl adjacent to an activating group) is 1. The zero-order valence-corrected chi connectivity index (χ0v) is 16.5. The lowest BCUT2D eigenvalue weighted by Crippen LogP contribution is -2.35. The SMILES string of the molecule is CN(C)C(CNC(=O)CSc1nnnn1C1CCCC1)c1cccc(F)c1. The second-order valence-electron chi connectivity index (χ2n) is 6.97. The molecule has 1 aliphatic rings. The van der Waals surface area contributed by atoms with Crippen molar-refractivity contribution >= 4 is 17.7 Å². The minimum Gasteiger partial charge on any atom is -0.353 e. The maximum Gasteiger partial charge on any atom is 0.230 e. The van der Waals surface area contributed by atoms with Gasteiger partial charge in [0.15, 0.2) is 0 Å². The first-order valence-corrected chi connectivity index (χ1v) is 10.1. The zero-order valence-electron chi connectivity index (χ0n) is 15.6. The average Bonchev–Trinajstić information content (AvgIpc) is 3.31. The van der Waals surface area contributed by atoms with Gasteiger partial charge in [0.2, 0.25) is 11.1 Å². The fraction of sp³-hybridized carbons (Fsp3) is 0.556. The van der Waals surface area contributed by atoms with Crippen LogP contribution in [0.25, 0.3) is 0 Å². The second kappa shape index (κ2) is 9.27. The summed E-state index contributed by atoms with van der Waals surface area (Å²) in [7, 11) is 3.82. The Bertz CT molecular complexity index is 762. The Balaban J connectivity index is 1.52. The second-order valence-corrected chi connectivity index (χ2v) is 7.91. The molecule has 1 N–H and O–H groups in total. The number of tetrazole rings is 1. The van der Waals surface area contributed by atoms with Crippen LogP contribution in [0.5, 0.6) is 0 Å². The summed E-state index contributed by atoms with van der Waals surface area (Å²) >= 11 is 1.35. The van der Waals surface area contributed by atoms with E-state index in [1.807, 2.05) is 29.7 Å². The van der Waals surface area contributed by atoms with E-state index in [1.165, 1.54) is 36.7 Å². The highest BCUT2D eigenvalue weighted by atomic mass is 32.2. The molecule has 1 heterocycles. The van der Waals surface area contributed by atoms with Crippen LogP contribution in [-0.2, 0) is 4.79 Å². The largest absolute Gasteiger partial charge is 0.353 e. The van der Waals surface area contributed by atoms with Crippen molar-refractivity contribution in [3.8, 4) is 0 Å². The predicted octanol–water partition coefficient (Wildman–Crippen LogP) is 2.44. The summed E-state index contributed by atoms with van der Waals surface area (Å²) in [5.41, 5.74) is 0.832. The Labute approximate surface area is 162 Å². The van der Waals surface area contributed by atoms with Gasteiger partial charge >= 0.3 is 0 Å². The summed E-state index contributed by atoms with van der Waals surface area (Å²) in [5, 5.41) is 15.5. The average molecular weight is 393 g/mol. The molecule has 0 aliphatic heterocycles. The molecule has 1 aliphatic carbocycles. The molecule has 0 radical (unpaired) electrons. The number of benzene rings is 1. The van der Waals surface area contributed by atoms with E-state index in [0.717, 1.165) is 18.4 Å². The van der Waals surface area contributed by atoms with E-state index in [2.05, 4.69) is 20.8 Å². The summed E-state index contributed by atoms with van der Waals surface area (Å²) in [6.45, 7) is 0.406. The molecule has 1 aromatic heterocycles. The van der Waals surface area contributed by atoms with Gasteiger partial charge in [0.05, 0.1) is 17.8 Å². The van der Waals surface area contributed by atoms with Gasteiger partial charge in [-0.3, -0.25) is 4.79 Å². The topological polar surface area (TPSA) is 75.9 Å². The van der Waals surface area contributed by atoms with Gasteiger partial charge in [-0.15, -0.1) is 5.10 Å². The Hall–Kier alpha value is -2.00. The first-order valence-electron chi connectivity index (χ1n) is 9.14. The van der Waals surface area contributed by atoms with Crippen LogP contribution in [0.1, 0.15) is 43.3 Å². The van der Waals surface area contributed by atoms with Crippen LogP contribution in [0, 0.1) is 5.82 Å². The molecule has 27 heavy (non-hydrogen) atoms. The number of carbonyl (C=O) groups is 1. The molecule has 146 valence electrons. The van der Waals surface area contributed by atoms with Crippen LogP contribution in [0.2, 0.25) is 0 Å². The van der Waals surface area contributed by atoms with Crippen LogP contribution < -0.4 is 5.32 Å². The van der Waals surface area contributed by atoms with Gasteiger partial charge in [-0.1, -0.05) is 36.7 Å². The van der Waals surface area contributed by atoms with Crippen LogP contribution in [-0.4, -0.2) is 57.4 Å². The molecule has 0 bridgehead atoms. The highest BCUT2D eigenvalue weighted by Crippen LogP contribution is 2.31. The van der Waals surface area contributed by atoms with Crippen molar-refractivity contribution in [3.05, 3.63) is 35.6 Å². The van der Waals surface area contributed by atoms with Crippen molar-refractivity contribution in [1.82, 2.24) is 30.4 Å². The third kappa shape index (κ3) is 5.26. The van der Waals surface area contributed by atoms with Gasteiger partial charge < -0.3 is 10.2 Å². The number of hydrogen-bond donors (Lipinski definition) is 1. The van der Waals surface area contributed by atoms with E-state index >= 15 is 0 Å². The van der Waals surface area contributed by atoms with E-state index in [1.54, 1.807) is 6.07 Å². The third-order valence-corrected chi connectivity index (χ3v) is 5.75. The maximum atomic E-state index is 13.5. The van der Waals surface area contributed by atoms with Crippen molar-refractivity contribution in [1.29, 1.82) is 0 Å². The number of aromatic nitrogens is 4. The molecular weight excluding hydrogens is 367 g/mol. The monoisotopic (exact) mass is 392 g/mol. The normalized spacial score (nSPS) is 16.0. The van der Waals surface area contributed by atoms with E-state index in [4.69, 9.17) is 0 Å². The van der Waals surface area contributed by atoms with E-state index in [0.29, 0.717) is 17.7 Å². The van der Waals surface area contributed by atoms with E-state index < -0.39 is 0 Å². The summed E-state index contributed by atoms with van der Waals surface area (Å²) in [5.74, 6) is -0.125. The number of amides is 1. The van der Waals surface area contributed by atoms with Crippen molar-refractivity contribution in [3.63, 3.8) is 0 Å². The molecule has 1 aromatic carbocycles. The van der Waals surface area contributed by atoms with Crippen molar-refractivity contribution in [2.24, 2.45) is 0 Å². The molecule has 1 fully saturated rings. The number of rotatable bonds is 8. The van der Waals surface area contributed by atoms with Gasteiger partial charge in [-0.25, -0.2) is 9.07 Å². The standard InChI is InChI=1S/C18H25FN6OS/c1-24(2)16(13-6-5-7-14(19)10-13)11-20-17(26)12-27-18-21-22-23-25(18)15-8-3-4-9-15/h5-7,10,15-16H,3-4,8-9,11-12H2,1-2H3,(H,20,26). The first kappa shape index (κ1) is 19.8. The fourth-order valence-corrected chi connectivity index (χ4v) is 4.14.